The van der Waals surface area contributed by atoms with Crippen LogP contribution in [0.2, 0.25) is 0 Å². The molecule has 0 bridgehead atoms. The minimum atomic E-state index is -3.57. The minimum absolute atomic E-state index is 0.102. The summed E-state index contributed by atoms with van der Waals surface area (Å²) in [5, 5.41) is 3.24. The molecule has 2 amide bonds. The largest absolute Gasteiger partial charge is 0.493 e. The Morgan fingerprint density at radius 3 is 3.12 bits per heavy atom. The second-order valence-corrected chi connectivity index (χ2v) is 8.34. The van der Waals surface area contributed by atoms with E-state index in [2.05, 4.69) is 10.3 Å². The van der Waals surface area contributed by atoms with Gasteiger partial charge >= 0.3 is 6.03 Å². The molecule has 1 fully saturated rings. The molecule has 10 heteroatoms. The maximum Gasteiger partial charge on any atom is 0.324 e. The molecule has 1 saturated heterocycles. The molecule has 1 atom stereocenters. The number of benzene rings is 1. The third-order valence-electron chi connectivity index (χ3n) is 3.97. The second kappa shape index (κ2) is 5.57. The van der Waals surface area contributed by atoms with Crippen molar-refractivity contribution in [2.24, 2.45) is 0 Å². The summed E-state index contributed by atoms with van der Waals surface area (Å²) in [5.41, 5.74) is 1.89. The Bertz CT molecular complexity index is 924. The number of thiazole rings is 1. The monoisotopic (exact) mass is 369 g/mol. The summed E-state index contributed by atoms with van der Waals surface area (Å²) in [6.07, 6.45) is 1.78. The zero-order valence-electron chi connectivity index (χ0n) is 12.8. The van der Waals surface area contributed by atoms with Crippen LogP contribution in [0.1, 0.15) is 5.56 Å². The molecule has 1 aromatic carbocycles. The van der Waals surface area contributed by atoms with E-state index in [4.69, 9.17) is 8.92 Å². The number of aromatic nitrogens is 1. The van der Waals surface area contributed by atoms with Gasteiger partial charge in [0.2, 0.25) is 0 Å². The van der Waals surface area contributed by atoms with E-state index in [1.807, 2.05) is 12.1 Å². The SMILES string of the molecule is CS(=O)(=O)OC[C@@H]1CNC(=O)N1c1nc2c3c(ccc2s1)OCC3. The number of amides is 2. The van der Waals surface area contributed by atoms with Gasteiger partial charge in [0.15, 0.2) is 5.13 Å². The Morgan fingerprint density at radius 1 is 1.50 bits per heavy atom. The van der Waals surface area contributed by atoms with E-state index in [0.717, 1.165) is 34.2 Å². The van der Waals surface area contributed by atoms with Crippen molar-refractivity contribution in [3.05, 3.63) is 17.7 Å². The number of rotatable bonds is 4. The molecule has 0 radical (unpaired) electrons. The standard InChI is InChI=1S/C14H15N3O5S2/c1-24(19,20)22-7-8-6-15-13(18)17(8)14-16-12-9-4-5-21-10(9)2-3-11(12)23-14/h2-3,8H,4-7H2,1H3,(H,15,18)/t8-/m0/s1. The molecule has 128 valence electrons. The summed E-state index contributed by atoms with van der Waals surface area (Å²) >= 11 is 1.39. The van der Waals surface area contributed by atoms with Crippen molar-refractivity contribution in [1.29, 1.82) is 0 Å². The van der Waals surface area contributed by atoms with Gasteiger partial charge in [-0.15, -0.1) is 0 Å². The van der Waals surface area contributed by atoms with Crippen molar-refractivity contribution in [1.82, 2.24) is 10.3 Å². The van der Waals surface area contributed by atoms with Gasteiger partial charge in [0.1, 0.15) is 5.75 Å². The smallest absolute Gasteiger partial charge is 0.324 e. The number of hydrogen-bond donors (Lipinski definition) is 1. The summed E-state index contributed by atoms with van der Waals surface area (Å²) in [7, 11) is -3.57. The second-order valence-electron chi connectivity index (χ2n) is 5.68. The Kier molecular flexibility index (Phi) is 3.62. The van der Waals surface area contributed by atoms with Crippen LogP contribution in [0.5, 0.6) is 5.75 Å². The zero-order valence-corrected chi connectivity index (χ0v) is 14.4. The molecule has 4 rings (SSSR count). The molecule has 3 heterocycles. The molecule has 24 heavy (non-hydrogen) atoms. The molecule has 1 N–H and O–H groups in total. The summed E-state index contributed by atoms with van der Waals surface area (Å²) in [6, 6.07) is 3.12. The zero-order chi connectivity index (χ0) is 16.9. The van der Waals surface area contributed by atoms with Crippen molar-refractivity contribution in [3.8, 4) is 5.75 Å². The fourth-order valence-corrected chi connectivity index (χ4v) is 4.36. The Labute approximate surface area is 142 Å². The van der Waals surface area contributed by atoms with E-state index >= 15 is 0 Å². The van der Waals surface area contributed by atoms with Gasteiger partial charge in [0.25, 0.3) is 10.1 Å². The number of nitrogens with zero attached hydrogens (tertiary/aromatic N) is 2. The van der Waals surface area contributed by atoms with E-state index < -0.39 is 16.2 Å². The first-order valence-electron chi connectivity index (χ1n) is 7.39. The lowest BCUT2D eigenvalue weighted by Gasteiger charge is -2.19. The molecule has 1 aromatic heterocycles. The van der Waals surface area contributed by atoms with Gasteiger partial charge in [-0.05, 0) is 12.1 Å². The number of carbonyl (C=O) groups is 1. The topological polar surface area (TPSA) is 97.8 Å². The average Bonchev–Trinajstić information content (AvgIpc) is 3.20. The number of hydrogen-bond acceptors (Lipinski definition) is 7. The van der Waals surface area contributed by atoms with Gasteiger partial charge in [-0.2, -0.15) is 8.42 Å². The van der Waals surface area contributed by atoms with E-state index in [1.54, 1.807) is 0 Å². The third kappa shape index (κ3) is 2.70. The highest BCUT2D eigenvalue weighted by Crippen LogP contribution is 2.38. The normalized spacial score (nSPS) is 20.3. The molecular formula is C14H15N3O5S2. The molecule has 2 aromatic rings. The highest BCUT2D eigenvalue weighted by atomic mass is 32.2. The van der Waals surface area contributed by atoms with Crippen LogP contribution in [0.15, 0.2) is 12.1 Å². The van der Waals surface area contributed by atoms with Gasteiger partial charge in [-0.25, -0.2) is 9.78 Å². The van der Waals surface area contributed by atoms with Crippen molar-refractivity contribution in [2.45, 2.75) is 12.5 Å². The minimum Gasteiger partial charge on any atom is -0.493 e. The van der Waals surface area contributed by atoms with E-state index in [9.17, 15) is 13.2 Å². The van der Waals surface area contributed by atoms with Gasteiger partial charge in [-0.3, -0.25) is 9.08 Å². The van der Waals surface area contributed by atoms with E-state index in [1.165, 1.54) is 16.2 Å². The Hall–Kier alpha value is -1.91. The summed E-state index contributed by atoms with van der Waals surface area (Å²) in [4.78, 5) is 18.3. The van der Waals surface area contributed by atoms with Crippen LogP contribution >= 0.6 is 11.3 Å². The highest BCUT2D eigenvalue weighted by molar-refractivity contribution is 7.85. The first-order chi connectivity index (χ1) is 11.4. The van der Waals surface area contributed by atoms with Crippen LogP contribution in [-0.4, -0.2) is 51.5 Å². The maximum atomic E-state index is 12.2. The molecule has 8 nitrogen and oxygen atoms in total. The number of urea groups is 1. The maximum absolute atomic E-state index is 12.2. The Balaban J connectivity index is 1.68. The molecule has 0 aliphatic carbocycles. The number of fused-ring (bicyclic) bond motifs is 3. The fourth-order valence-electron chi connectivity index (χ4n) is 2.89. The van der Waals surface area contributed by atoms with Gasteiger partial charge in [0, 0.05) is 18.5 Å². The quantitative estimate of drug-likeness (QED) is 0.811. The average molecular weight is 369 g/mol. The predicted octanol–water partition coefficient (Wildman–Crippen LogP) is 1.11. The van der Waals surface area contributed by atoms with Gasteiger partial charge < -0.3 is 10.1 Å². The number of ether oxygens (including phenoxy) is 1. The molecular weight excluding hydrogens is 354 g/mol. The van der Waals surface area contributed by atoms with Gasteiger partial charge in [0.05, 0.1) is 35.7 Å². The van der Waals surface area contributed by atoms with Crippen LogP contribution in [-0.2, 0) is 20.7 Å². The Morgan fingerprint density at radius 2 is 2.33 bits per heavy atom. The van der Waals surface area contributed by atoms with Crippen LogP contribution in [0.25, 0.3) is 10.2 Å². The highest BCUT2D eigenvalue weighted by Gasteiger charge is 2.35. The number of nitrogens with one attached hydrogen (secondary N) is 1. The summed E-state index contributed by atoms with van der Waals surface area (Å²) in [5.74, 6) is 0.835. The molecule has 2 aliphatic heterocycles. The van der Waals surface area contributed by atoms with Crippen molar-refractivity contribution in [2.75, 3.05) is 30.9 Å². The van der Waals surface area contributed by atoms with Crippen molar-refractivity contribution >= 4 is 42.8 Å². The third-order valence-corrected chi connectivity index (χ3v) is 5.56. The lowest BCUT2D eigenvalue weighted by Crippen LogP contribution is -2.37. The van der Waals surface area contributed by atoms with E-state index in [0.29, 0.717) is 18.3 Å². The van der Waals surface area contributed by atoms with Gasteiger partial charge in [-0.1, -0.05) is 11.3 Å². The summed E-state index contributed by atoms with van der Waals surface area (Å²) < 4.78 is 33.8. The number of anilines is 1. The van der Waals surface area contributed by atoms with Crippen LogP contribution in [0, 0.1) is 0 Å². The first kappa shape index (κ1) is 15.6. The summed E-state index contributed by atoms with van der Waals surface area (Å²) in [6.45, 7) is 0.844. The molecule has 0 saturated carbocycles. The molecule has 0 unspecified atom stereocenters. The first-order valence-corrected chi connectivity index (χ1v) is 10.0. The molecule has 2 aliphatic rings. The molecule has 0 spiro atoms. The van der Waals surface area contributed by atoms with Crippen LogP contribution < -0.4 is 15.0 Å². The lowest BCUT2D eigenvalue weighted by molar-refractivity contribution is 0.250. The predicted molar refractivity (Wildman–Crippen MR) is 89.3 cm³/mol. The van der Waals surface area contributed by atoms with Crippen LogP contribution in [0.4, 0.5) is 9.93 Å². The lowest BCUT2D eigenvalue weighted by atomic mass is 10.1. The fraction of sp³-hybridized carbons (Fsp3) is 0.429. The van der Waals surface area contributed by atoms with E-state index in [-0.39, 0.29) is 12.6 Å². The van der Waals surface area contributed by atoms with Crippen molar-refractivity contribution < 1.29 is 22.1 Å². The van der Waals surface area contributed by atoms with Crippen molar-refractivity contribution in [3.63, 3.8) is 0 Å². The number of carbonyl (C=O) groups excluding carboxylic acids is 1. The van der Waals surface area contributed by atoms with Crippen LogP contribution in [0.3, 0.4) is 0 Å².